The summed E-state index contributed by atoms with van der Waals surface area (Å²) in [4.78, 5) is 24.1. The predicted molar refractivity (Wildman–Crippen MR) is 91.3 cm³/mol. The van der Waals surface area contributed by atoms with Gasteiger partial charge in [-0.2, -0.15) is 0 Å². The fraction of sp³-hybridized carbons (Fsp3) is 0.158. The first-order valence-electron chi connectivity index (χ1n) is 7.61. The lowest BCUT2D eigenvalue weighted by Crippen LogP contribution is -2.14. The summed E-state index contributed by atoms with van der Waals surface area (Å²) in [5, 5.41) is 0.173. The summed E-state index contributed by atoms with van der Waals surface area (Å²) in [6.45, 7) is 3.43. The normalized spacial score (nSPS) is 14.6. The molecule has 0 bridgehead atoms. The van der Waals surface area contributed by atoms with Crippen LogP contribution in [0.4, 0.5) is 4.39 Å². The maximum absolute atomic E-state index is 13.9. The third kappa shape index (κ3) is 3.42. The number of rotatable bonds is 3. The van der Waals surface area contributed by atoms with E-state index < -0.39 is 17.6 Å². The summed E-state index contributed by atoms with van der Waals surface area (Å²) in [5.41, 5.74) is 0.384. The van der Waals surface area contributed by atoms with Gasteiger partial charge in [-0.1, -0.05) is 31.5 Å². The van der Waals surface area contributed by atoms with Gasteiger partial charge < -0.3 is 9.47 Å². The zero-order valence-electron chi connectivity index (χ0n) is 13.5. The van der Waals surface area contributed by atoms with Crippen LogP contribution in [-0.2, 0) is 4.79 Å². The van der Waals surface area contributed by atoms with Gasteiger partial charge >= 0.3 is 5.97 Å². The van der Waals surface area contributed by atoms with Crippen LogP contribution in [0, 0.1) is 11.7 Å². The Morgan fingerprint density at radius 2 is 2.04 bits per heavy atom. The van der Waals surface area contributed by atoms with Crippen LogP contribution in [0.2, 0.25) is 5.02 Å². The molecule has 2 aromatic rings. The maximum Gasteiger partial charge on any atom is 0.313 e. The summed E-state index contributed by atoms with van der Waals surface area (Å²) < 4.78 is 24.6. The first kappa shape index (κ1) is 17.2. The molecule has 6 heteroatoms. The molecule has 1 heterocycles. The molecule has 3 rings (SSSR count). The molecule has 0 saturated carbocycles. The van der Waals surface area contributed by atoms with E-state index in [9.17, 15) is 14.0 Å². The Bertz CT molecular complexity index is 882. The van der Waals surface area contributed by atoms with Crippen molar-refractivity contribution in [1.82, 2.24) is 0 Å². The van der Waals surface area contributed by atoms with Crippen LogP contribution in [0.25, 0.3) is 6.08 Å². The molecule has 0 atom stereocenters. The molecule has 0 N–H and O–H groups in total. The van der Waals surface area contributed by atoms with Gasteiger partial charge in [0.2, 0.25) is 5.78 Å². The molecule has 0 radical (unpaired) electrons. The lowest BCUT2D eigenvalue weighted by molar-refractivity contribution is -0.137. The number of benzene rings is 2. The van der Waals surface area contributed by atoms with Gasteiger partial charge in [0, 0.05) is 11.6 Å². The van der Waals surface area contributed by atoms with Gasteiger partial charge in [0.15, 0.2) is 5.76 Å². The third-order valence-corrected chi connectivity index (χ3v) is 3.94. The number of fused-ring (bicyclic) bond motifs is 1. The Hall–Kier alpha value is -2.66. The number of esters is 1. The van der Waals surface area contributed by atoms with E-state index in [1.807, 2.05) is 0 Å². The molecule has 0 aromatic heterocycles. The highest BCUT2D eigenvalue weighted by molar-refractivity contribution is 6.32. The van der Waals surface area contributed by atoms with Crippen molar-refractivity contribution in [1.29, 1.82) is 0 Å². The number of hydrogen-bond acceptors (Lipinski definition) is 4. The Morgan fingerprint density at radius 3 is 2.72 bits per heavy atom. The highest BCUT2D eigenvalue weighted by Crippen LogP contribution is 2.36. The first-order chi connectivity index (χ1) is 11.9. The van der Waals surface area contributed by atoms with Crippen LogP contribution < -0.4 is 9.47 Å². The van der Waals surface area contributed by atoms with Crippen LogP contribution in [0.3, 0.4) is 0 Å². The van der Waals surface area contributed by atoms with Crippen molar-refractivity contribution < 1.29 is 23.5 Å². The van der Waals surface area contributed by atoms with Crippen molar-refractivity contribution in [3.8, 4) is 11.5 Å². The van der Waals surface area contributed by atoms with Crippen molar-refractivity contribution in [2.24, 2.45) is 5.92 Å². The van der Waals surface area contributed by atoms with Gasteiger partial charge in [-0.15, -0.1) is 0 Å². The lowest BCUT2D eigenvalue weighted by Gasteiger charge is -2.07. The van der Waals surface area contributed by atoms with Gasteiger partial charge in [-0.05, 0) is 30.3 Å². The molecule has 1 aliphatic rings. The van der Waals surface area contributed by atoms with E-state index >= 15 is 0 Å². The van der Waals surface area contributed by atoms with Crippen molar-refractivity contribution in [2.45, 2.75) is 13.8 Å². The molecule has 4 nitrogen and oxygen atoms in total. The zero-order valence-corrected chi connectivity index (χ0v) is 14.3. The fourth-order valence-corrected chi connectivity index (χ4v) is 2.46. The van der Waals surface area contributed by atoms with Gasteiger partial charge in [0.05, 0.1) is 16.5 Å². The van der Waals surface area contributed by atoms with Gasteiger partial charge in [0.25, 0.3) is 0 Å². The third-order valence-electron chi connectivity index (χ3n) is 3.61. The smallest absolute Gasteiger partial charge is 0.313 e. The molecule has 1 aliphatic heterocycles. The number of carbonyl (C=O) groups excluding carboxylic acids is 2. The van der Waals surface area contributed by atoms with Crippen molar-refractivity contribution in [3.63, 3.8) is 0 Å². The number of halogens is 2. The highest BCUT2D eigenvalue weighted by atomic mass is 35.5. The summed E-state index contributed by atoms with van der Waals surface area (Å²) in [7, 11) is 0. The van der Waals surface area contributed by atoms with Crippen LogP contribution >= 0.6 is 11.6 Å². The molecule has 0 amide bonds. The summed E-state index contributed by atoms with van der Waals surface area (Å²) in [6.07, 6.45) is 1.26. The van der Waals surface area contributed by atoms with E-state index in [0.717, 1.165) is 0 Å². The van der Waals surface area contributed by atoms with Crippen molar-refractivity contribution in [3.05, 3.63) is 64.1 Å². The van der Waals surface area contributed by atoms with E-state index in [4.69, 9.17) is 21.1 Å². The zero-order chi connectivity index (χ0) is 18.1. The maximum atomic E-state index is 13.9. The highest BCUT2D eigenvalue weighted by Gasteiger charge is 2.28. The number of hydrogen-bond donors (Lipinski definition) is 0. The summed E-state index contributed by atoms with van der Waals surface area (Å²) in [6, 6.07) is 8.71. The van der Waals surface area contributed by atoms with Crippen LogP contribution in [0.5, 0.6) is 11.5 Å². The second-order valence-corrected chi connectivity index (χ2v) is 6.22. The first-order valence-corrected chi connectivity index (χ1v) is 7.98. The molecular weight excluding hydrogens is 347 g/mol. The Morgan fingerprint density at radius 1 is 1.28 bits per heavy atom. The topological polar surface area (TPSA) is 52.6 Å². The van der Waals surface area contributed by atoms with Gasteiger partial charge in [-0.25, -0.2) is 4.39 Å². The molecule has 128 valence electrons. The Labute approximate surface area is 148 Å². The monoisotopic (exact) mass is 360 g/mol. The number of allylic oxidation sites excluding steroid dienone is 1. The van der Waals surface area contributed by atoms with E-state index in [-0.39, 0.29) is 33.8 Å². The predicted octanol–water partition coefficient (Wildman–Crippen LogP) is 4.66. The Kier molecular flexibility index (Phi) is 4.59. The number of carbonyl (C=O) groups is 2. The van der Waals surface area contributed by atoms with E-state index in [1.54, 1.807) is 13.8 Å². The number of Topliss-reactive ketones (excluding diaryl/α,β-unsaturated/α-hetero) is 1. The largest absolute Gasteiger partial charge is 0.452 e. The molecular formula is C19H14ClFO4. The van der Waals surface area contributed by atoms with E-state index in [2.05, 4.69) is 0 Å². The molecule has 0 aliphatic carbocycles. The van der Waals surface area contributed by atoms with Crippen LogP contribution in [0.15, 0.2) is 42.2 Å². The fourth-order valence-electron chi connectivity index (χ4n) is 2.24. The summed E-state index contributed by atoms with van der Waals surface area (Å²) >= 11 is 5.97. The van der Waals surface area contributed by atoms with Crippen molar-refractivity contribution >= 4 is 29.4 Å². The van der Waals surface area contributed by atoms with Gasteiger partial charge in [-0.3, -0.25) is 9.59 Å². The van der Waals surface area contributed by atoms with Crippen LogP contribution in [-0.4, -0.2) is 11.8 Å². The minimum Gasteiger partial charge on any atom is -0.452 e. The second kappa shape index (κ2) is 6.69. The quantitative estimate of drug-likeness (QED) is 0.454. The minimum atomic E-state index is -0.557. The SMILES string of the molecule is CC(C)C(=O)Oc1ccc2c(c1)OC(=Cc1c(F)cccc1Cl)C2=O. The molecule has 0 fully saturated rings. The number of ketones is 1. The van der Waals surface area contributed by atoms with Crippen LogP contribution in [0.1, 0.15) is 29.8 Å². The molecule has 2 aromatic carbocycles. The van der Waals surface area contributed by atoms with E-state index in [1.165, 1.54) is 42.5 Å². The van der Waals surface area contributed by atoms with E-state index in [0.29, 0.717) is 5.56 Å². The molecule has 0 unspecified atom stereocenters. The second-order valence-electron chi connectivity index (χ2n) is 5.81. The molecule has 0 saturated heterocycles. The minimum absolute atomic E-state index is 0.0469. The Balaban J connectivity index is 1.91. The average molecular weight is 361 g/mol. The molecule has 0 spiro atoms. The lowest BCUT2D eigenvalue weighted by atomic mass is 10.1. The van der Waals surface area contributed by atoms with Gasteiger partial charge in [0.1, 0.15) is 17.3 Å². The standard InChI is InChI=1S/C19H14ClFO4/c1-10(2)19(23)24-11-6-7-12-16(8-11)25-17(18(12)22)9-13-14(20)4-3-5-15(13)21/h3-10H,1-2H3. The summed E-state index contributed by atoms with van der Waals surface area (Å²) in [5.74, 6) is -1.15. The molecule has 25 heavy (non-hydrogen) atoms. The van der Waals surface area contributed by atoms with Crippen molar-refractivity contribution in [2.75, 3.05) is 0 Å². The number of ether oxygens (including phenoxy) is 2. The average Bonchev–Trinajstić information content (AvgIpc) is 2.86.